The topological polar surface area (TPSA) is 46.6 Å². The van der Waals surface area contributed by atoms with E-state index in [9.17, 15) is 9.59 Å². The van der Waals surface area contributed by atoms with E-state index in [1.54, 1.807) is 7.05 Å². The lowest BCUT2D eigenvalue weighted by Gasteiger charge is -2.26. The predicted octanol–water partition coefficient (Wildman–Crippen LogP) is 3.00. The summed E-state index contributed by atoms with van der Waals surface area (Å²) < 4.78 is 5.22. The van der Waals surface area contributed by atoms with Crippen molar-refractivity contribution in [3.63, 3.8) is 0 Å². The smallest absolute Gasteiger partial charge is 0.410 e. The minimum atomic E-state index is -0.515. The maximum atomic E-state index is 12.0. The van der Waals surface area contributed by atoms with E-state index in [-0.39, 0.29) is 18.2 Å². The zero-order valence-corrected chi connectivity index (χ0v) is 12.0. The summed E-state index contributed by atoms with van der Waals surface area (Å²) in [4.78, 5) is 25.1. The van der Waals surface area contributed by atoms with Crippen LogP contribution in [0.1, 0.15) is 52.9 Å². The normalized spacial score (nSPS) is 17.3. The van der Waals surface area contributed by atoms with E-state index in [0.29, 0.717) is 0 Å². The molecule has 1 amide bonds. The minimum absolute atomic E-state index is 0.142. The van der Waals surface area contributed by atoms with E-state index in [4.69, 9.17) is 4.74 Å². The van der Waals surface area contributed by atoms with Gasteiger partial charge in [-0.2, -0.15) is 0 Å². The number of likely N-dealkylation sites (N-methyl/N-ethyl adjacent to an activating group) is 1. The molecule has 1 saturated carbocycles. The second kappa shape index (κ2) is 6.21. The summed E-state index contributed by atoms with van der Waals surface area (Å²) in [6.07, 6.45) is 5.01. The first-order valence-corrected chi connectivity index (χ1v) is 6.76. The van der Waals surface area contributed by atoms with Crippen molar-refractivity contribution in [2.75, 3.05) is 13.6 Å². The number of Topliss-reactive ketones (excluding diaryl/α,β-unsaturated/α-hetero) is 1. The van der Waals surface area contributed by atoms with E-state index in [2.05, 4.69) is 0 Å². The SMILES string of the molecule is CN(CC(=O)C1CCCCC1)C(=O)OC(C)(C)C. The zero-order valence-electron chi connectivity index (χ0n) is 12.0. The number of carbonyl (C=O) groups is 2. The molecular weight excluding hydrogens is 230 g/mol. The zero-order chi connectivity index (χ0) is 13.8. The Bertz CT molecular complexity index is 301. The van der Waals surface area contributed by atoms with Crippen LogP contribution in [-0.4, -0.2) is 36.0 Å². The maximum absolute atomic E-state index is 12.0. The molecule has 1 fully saturated rings. The molecule has 0 heterocycles. The molecule has 1 aliphatic rings. The first kappa shape index (κ1) is 15.0. The molecule has 0 aromatic heterocycles. The van der Waals surface area contributed by atoms with Gasteiger partial charge >= 0.3 is 6.09 Å². The first-order valence-electron chi connectivity index (χ1n) is 6.76. The second-order valence-electron chi connectivity index (χ2n) is 6.14. The largest absolute Gasteiger partial charge is 0.444 e. The Kier molecular flexibility index (Phi) is 5.17. The van der Waals surface area contributed by atoms with Crippen LogP contribution in [0.2, 0.25) is 0 Å². The molecule has 104 valence electrons. The fraction of sp³-hybridized carbons (Fsp3) is 0.857. The Balaban J connectivity index is 2.41. The van der Waals surface area contributed by atoms with E-state index >= 15 is 0 Å². The van der Waals surface area contributed by atoms with Crippen LogP contribution in [0.15, 0.2) is 0 Å². The molecule has 0 N–H and O–H groups in total. The molecule has 0 atom stereocenters. The average Bonchev–Trinajstić information content (AvgIpc) is 2.27. The van der Waals surface area contributed by atoms with Gasteiger partial charge in [0.1, 0.15) is 5.60 Å². The molecule has 0 bridgehead atoms. The van der Waals surface area contributed by atoms with Gasteiger partial charge < -0.3 is 9.64 Å². The molecule has 0 aliphatic heterocycles. The molecule has 1 aliphatic carbocycles. The highest BCUT2D eigenvalue weighted by Gasteiger charge is 2.25. The Hall–Kier alpha value is -1.06. The van der Waals surface area contributed by atoms with Crippen LogP contribution in [0.3, 0.4) is 0 Å². The van der Waals surface area contributed by atoms with Crippen molar-refractivity contribution in [1.82, 2.24) is 4.90 Å². The number of hydrogen-bond donors (Lipinski definition) is 0. The average molecular weight is 255 g/mol. The third kappa shape index (κ3) is 5.07. The first-order chi connectivity index (χ1) is 8.29. The van der Waals surface area contributed by atoms with E-state index in [0.717, 1.165) is 25.7 Å². The molecule has 0 aromatic carbocycles. The summed E-state index contributed by atoms with van der Waals surface area (Å²) in [5.41, 5.74) is -0.515. The van der Waals surface area contributed by atoms with Gasteiger partial charge in [-0.25, -0.2) is 4.79 Å². The van der Waals surface area contributed by atoms with Crippen LogP contribution in [0, 0.1) is 5.92 Å². The lowest BCUT2D eigenvalue weighted by molar-refractivity contribution is -0.124. The Morgan fingerprint density at radius 3 is 2.22 bits per heavy atom. The fourth-order valence-electron chi connectivity index (χ4n) is 2.19. The van der Waals surface area contributed by atoms with Crippen LogP contribution in [0.25, 0.3) is 0 Å². The van der Waals surface area contributed by atoms with Crippen LogP contribution < -0.4 is 0 Å². The van der Waals surface area contributed by atoms with Gasteiger partial charge in [0, 0.05) is 13.0 Å². The van der Waals surface area contributed by atoms with Gasteiger partial charge in [-0.1, -0.05) is 19.3 Å². The molecule has 4 heteroatoms. The highest BCUT2D eigenvalue weighted by atomic mass is 16.6. The van der Waals surface area contributed by atoms with Crippen LogP contribution in [-0.2, 0) is 9.53 Å². The van der Waals surface area contributed by atoms with E-state index in [1.165, 1.54) is 11.3 Å². The van der Waals surface area contributed by atoms with Crippen molar-refractivity contribution >= 4 is 11.9 Å². The van der Waals surface area contributed by atoms with Crippen molar-refractivity contribution in [2.45, 2.75) is 58.5 Å². The monoisotopic (exact) mass is 255 g/mol. The highest BCUT2D eigenvalue weighted by molar-refractivity contribution is 5.86. The summed E-state index contributed by atoms with van der Waals surface area (Å²) in [5, 5.41) is 0. The summed E-state index contributed by atoms with van der Waals surface area (Å²) in [6, 6.07) is 0. The van der Waals surface area contributed by atoms with Crippen LogP contribution >= 0.6 is 0 Å². The summed E-state index contributed by atoms with van der Waals surface area (Å²) in [7, 11) is 1.62. The van der Waals surface area contributed by atoms with Gasteiger partial charge in [-0.3, -0.25) is 4.79 Å². The third-order valence-corrected chi connectivity index (χ3v) is 3.16. The number of nitrogens with zero attached hydrogens (tertiary/aromatic N) is 1. The molecule has 1 rings (SSSR count). The summed E-state index contributed by atoms with van der Waals surface area (Å²) in [5.74, 6) is 0.312. The number of carbonyl (C=O) groups excluding carboxylic acids is 2. The molecule has 0 radical (unpaired) electrons. The highest BCUT2D eigenvalue weighted by Crippen LogP contribution is 2.24. The molecule has 0 spiro atoms. The summed E-state index contributed by atoms with van der Waals surface area (Å²) >= 11 is 0. The Labute approximate surface area is 110 Å². The van der Waals surface area contributed by atoms with E-state index in [1.807, 2.05) is 20.8 Å². The number of rotatable bonds is 3. The van der Waals surface area contributed by atoms with Crippen molar-refractivity contribution in [2.24, 2.45) is 5.92 Å². The molecule has 0 aromatic rings. The molecule has 0 saturated heterocycles. The van der Waals surface area contributed by atoms with Gasteiger partial charge in [0.25, 0.3) is 0 Å². The lowest BCUT2D eigenvalue weighted by Crippen LogP contribution is -2.39. The number of ether oxygens (including phenoxy) is 1. The van der Waals surface area contributed by atoms with Crippen molar-refractivity contribution < 1.29 is 14.3 Å². The van der Waals surface area contributed by atoms with Crippen molar-refractivity contribution in [1.29, 1.82) is 0 Å². The minimum Gasteiger partial charge on any atom is -0.444 e. The van der Waals surface area contributed by atoms with Crippen LogP contribution in [0.4, 0.5) is 4.79 Å². The van der Waals surface area contributed by atoms with E-state index < -0.39 is 11.7 Å². The molecular formula is C14H25NO3. The number of ketones is 1. The fourth-order valence-corrected chi connectivity index (χ4v) is 2.19. The third-order valence-electron chi connectivity index (χ3n) is 3.16. The molecule has 0 unspecified atom stereocenters. The summed E-state index contributed by atoms with van der Waals surface area (Å²) in [6.45, 7) is 5.63. The Morgan fingerprint density at radius 1 is 1.17 bits per heavy atom. The van der Waals surface area contributed by atoms with Gasteiger partial charge in [0.05, 0.1) is 6.54 Å². The second-order valence-corrected chi connectivity index (χ2v) is 6.14. The van der Waals surface area contributed by atoms with Gasteiger partial charge in [-0.05, 0) is 33.6 Å². The number of amides is 1. The van der Waals surface area contributed by atoms with Gasteiger partial charge in [0.15, 0.2) is 5.78 Å². The van der Waals surface area contributed by atoms with Crippen molar-refractivity contribution in [3.8, 4) is 0 Å². The lowest BCUT2D eigenvalue weighted by atomic mass is 9.86. The predicted molar refractivity (Wildman–Crippen MR) is 70.4 cm³/mol. The maximum Gasteiger partial charge on any atom is 0.410 e. The Morgan fingerprint density at radius 2 is 1.72 bits per heavy atom. The van der Waals surface area contributed by atoms with Gasteiger partial charge in [-0.15, -0.1) is 0 Å². The number of hydrogen-bond acceptors (Lipinski definition) is 3. The molecule has 18 heavy (non-hydrogen) atoms. The standard InChI is InChI=1S/C14H25NO3/c1-14(2,3)18-13(17)15(4)10-12(16)11-8-6-5-7-9-11/h11H,5-10H2,1-4H3. The quantitative estimate of drug-likeness (QED) is 0.778. The van der Waals surface area contributed by atoms with Gasteiger partial charge in [0.2, 0.25) is 0 Å². The van der Waals surface area contributed by atoms with Crippen molar-refractivity contribution in [3.05, 3.63) is 0 Å². The van der Waals surface area contributed by atoms with Crippen LogP contribution in [0.5, 0.6) is 0 Å². The molecule has 4 nitrogen and oxygen atoms in total.